The number of benzene rings is 2. The van der Waals surface area contributed by atoms with Crippen molar-refractivity contribution in [3.63, 3.8) is 0 Å². The number of amides is 2. The van der Waals surface area contributed by atoms with Crippen LogP contribution >= 0.6 is 0 Å². The monoisotopic (exact) mass is 411 g/mol. The number of likely N-dealkylation sites (N-methyl/N-ethyl adjacent to an activating group) is 1. The molecule has 1 saturated heterocycles. The number of nitrogens with zero attached hydrogens (tertiary/aromatic N) is 2. The molecule has 3 rings (SSSR count). The first-order chi connectivity index (χ1) is 14.4. The molecule has 30 heavy (non-hydrogen) atoms. The van der Waals surface area contributed by atoms with E-state index in [0.717, 1.165) is 6.42 Å². The van der Waals surface area contributed by atoms with E-state index in [4.69, 9.17) is 0 Å². The topological polar surface area (TPSA) is 52.7 Å². The molecule has 2 amide bonds. The SMILES string of the molecule is CN(C)[C@H](CNC(=O)C1CCN(C(=O)c2ccc(F)cc2)CC1)Cc1ccccc1. The van der Waals surface area contributed by atoms with Crippen LogP contribution in [-0.2, 0) is 11.2 Å². The molecule has 1 aliphatic rings. The summed E-state index contributed by atoms with van der Waals surface area (Å²) in [5, 5.41) is 3.11. The Hall–Kier alpha value is -2.73. The molecule has 160 valence electrons. The maximum absolute atomic E-state index is 13.1. The Labute approximate surface area is 177 Å². The number of hydrogen-bond donors (Lipinski definition) is 1. The third-order valence-electron chi connectivity index (χ3n) is 5.80. The van der Waals surface area contributed by atoms with Crippen LogP contribution in [0.25, 0.3) is 0 Å². The average molecular weight is 412 g/mol. The van der Waals surface area contributed by atoms with Crippen molar-refractivity contribution in [3.8, 4) is 0 Å². The summed E-state index contributed by atoms with van der Waals surface area (Å²) in [6.07, 6.45) is 2.16. The lowest BCUT2D eigenvalue weighted by atomic mass is 9.95. The summed E-state index contributed by atoms with van der Waals surface area (Å²) in [6.45, 7) is 1.67. The third kappa shape index (κ3) is 5.89. The zero-order valence-electron chi connectivity index (χ0n) is 17.7. The quantitative estimate of drug-likeness (QED) is 0.762. The predicted molar refractivity (Wildman–Crippen MR) is 116 cm³/mol. The fourth-order valence-corrected chi connectivity index (χ4v) is 3.81. The van der Waals surface area contributed by atoms with E-state index in [1.807, 2.05) is 32.3 Å². The predicted octanol–water partition coefficient (Wildman–Crippen LogP) is 2.97. The zero-order valence-corrected chi connectivity index (χ0v) is 17.7. The number of piperidine rings is 1. The molecule has 2 aromatic rings. The van der Waals surface area contributed by atoms with E-state index < -0.39 is 0 Å². The van der Waals surface area contributed by atoms with Crippen LogP contribution in [0.5, 0.6) is 0 Å². The summed E-state index contributed by atoms with van der Waals surface area (Å²) in [5.74, 6) is -0.486. The van der Waals surface area contributed by atoms with Gasteiger partial charge in [-0.25, -0.2) is 4.39 Å². The van der Waals surface area contributed by atoms with Crippen LogP contribution in [0.15, 0.2) is 54.6 Å². The Kier molecular flexibility index (Phi) is 7.57. The lowest BCUT2D eigenvalue weighted by Crippen LogP contribution is -2.46. The van der Waals surface area contributed by atoms with Gasteiger partial charge in [0.25, 0.3) is 5.91 Å². The van der Waals surface area contributed by atoms with Gasteiger partial charge in [-0.3, -0.25) is 9.59 Å². The van der Waals surface area contributed by atoms with Gasteiger partial charge in [-0.1, -0.05) is 30.3 Å². The Balaban J connectivity index is 1.47. The Bertz CT molecular complexity index is 831. The van der Waals surface area contributed by atoms with E-state index in [9.17, 15) is 14.0 Å². The number of likely N-dealkylation sites (tertiary alicyclic amines) is 1. The molecule has 6 heteroatoms. The van der Waals surface area contributed by atoms with Gasteiger partial charge in [-0.05, 0) is 63.2 Å². The minimum absolute atomic E-state index is 0.0591. The highest BCUT2D eigenvalue weighted by Crippen LogP contribution is 2.20. The molecular formula is C24H30FN3O2. The average Bonchev–Trinajstić information content (AvgIpc) is 2.77. The van der Waals surface area contributed by atoms with Crippen molar-refractivity contribution >= 4 is 11.8 Å². The second-order valence-electron chi connectivity index (χ2n) is 8.13. The highest BCUT2D eigenvalue weighted by molar-refractivity contribution is 5.94. The number of carbonyl (C=O) groups is 2. The Morgan fingerprint density at radius 2 is 1.70 bits per heavy atom. The van der Waals surface area contributed by atoms with E-state index in [-0.39, 0.29) is 29.6 Å². The first kappa shape index (κ1) is 22.0. The summed E-state index contributed by atoms with van der Waals surface area (Å²) in [6, 6.07) is 16.1. The maximum Gasteiger partial charge on any atom is 0.253 e. The molecule has 0 unspecified atom stereocenters. The van der Waals surface area contributed by atoms with E-state index >= 15 is 0 Å². The molecule has 0 saturated carbocycles. The molecule has 0 aliphatic carbocycles. The fraction of sp³-hybridized carbons (Fsp3) is 0.417. The number of rotatable bonds is 7. The van der Waals surface area contributed by atoms with E-state index in [2.05, 4.69) is 22.3 Å². The molecule has 0 bridgehead atoms. The summed E-state index contributed by atoms with van der Waals surface area (Å²) in [7, 11) is 4.05. The Morgan fingerprint density at radius 3 is 2.30 bits per heavy atom. The molecule has 0 spiro atoms. The van der Waals surface area contributed by atoms with Crippen LogP contribution in [0.3, 0.4) is 0 Å². The second-order valence-corrected chi connectivity index (χ2v) is 8.13. The minimum atomic E-state index is -0.356. The van der Waals surface area contributed by atoms with Crippen LogP contribution in [0.4, 0.5) is 4.39 Å². The normalized spacial score (nSPS) is 15.8. The summed E-state index contributed by atoms with van der Waals surface area (Å²) in [4.78, 5) is 29.1. The van der Waals surface area contributed by atoms with E-state index in [0.29, 0.717) is 38.0 Å². The molecule has 1 heterocycles. The zero-order chi connectivity index (χ0) is 21.5. The van der Waals surface area contributed by atoms with Crippen molar-refractivity contribution in [1.29, 1.82) is 0 Å². The van der Waals surface area contributed by atoms with Crippen molar-refractivity contribution in [1.82, 2.24) is 15.1 Å². The first-order valence-corrected chi connectivity index (χ1v) is 10.5. The fourth-order valence-electron chi connectivity index (χ4n) is 3.81. The van der Waals surface area contributed by atoms with Gasteiger partial charge in [-0.2, -0.15) is 0 Å². The van der Waals surface area contributed by atoms with E-state index in [1.165, 1.54) is 29.8 Å². The van der Waals surface area contributed by atoms with Gasteiger partial charge in [0.15, 0.2) is 0 Å². The number of halogens is 1. The molecule has 5 nitrogen and oxygen atoms in total. The van der Waals surface area contributed by atoms with Crippen LogP contribution in [0.1, 0.15) is 28.8 Å². The van der Waals surface area contributed by atoms with Crippen molar-refractivity contribution in [3.05, 3.63) is 71.5 Å². The number of hydrogen-bond acceptors (Lipinski definition) is 3. The molecule has 2 aromatic carbocycles. The molecular weight excluding hydrogens is 381 g/mol. The molecule has 1 atom stereocenters. The standard InChI is InChI=1S/C24H30FN3O2/c1-27(2)22(16-18-6-4-3-5-7-18)17-26-23(29)19-12-14-28(15-13-19)24(30)20-8-10-21(25)11-9-20/h3-11,19,22H,12-17H2,1-2H3,(H,26,29)/t22-/m0/s1. The smallest absolute Gasteiger partial charge is 0.253 e. The summed E-state index contributed by atoms with van der Waals surface area (Å²) < 4.78 is 13.1. The molecule has 1 N–H and O–H groups in total. The van der Waals surface area contributed by atoms with Gasteiger partial charge in [-0.15, -0.1) is 0 Å². The molecule has 0 aromatic heterocycles. The van der Waals surface area contributed by atoms with Gasteiger partial charge in [0.05, 0.1) is 0 Å². The van der Waals surface area contributed by atoms with Crippen molar-refractivity contribution < 1.29 is 14.0 Å². The van der Waals surface area contributed by atoms with Crippen molar-refractivity contribution in [2.45, 2.75) is 25.3 Å². The van der Waals surface area contributed by atoms with Crippen LogP contribution in [0, 0.1) is 11.7 Å². The summed E-state index contributed by atoms with van der Waals surface area (Å²) in [5.41, 5.74) is 1.73. The largest absolute Gasteiger partial charge is 0.354 e. The van der Waals surface area contributed by atoms with Gasteiger partial charge in [0, 0.05) is 37.2 Å². The highest BCUT2D eigenvalue weighted by Gasteiger charge is 2.28. The van der Waals surface area contributed by atoms with E-state index in [1.54, 1.807) is 4.90 Å². The number of nitrogens with one attached hydrogen (secondary N) is 1. The van der Waals surface area contributed by atoms with Crippen molar-refractivity contribution in [2.24, 2.45) is 5.92 Å². The second kappa shape index (κ2) is 10.3. The molecule has 0 radical (unpaired) electrons. The van der Waals surface area contributed by atoms with Gasteiger partial charge in [0.2, 0.25) is 5.91 Å². The third-order valence-corrected chi connectivity index (χ3v) is 5.80. The Morgan fingerprint density at radius 1 is 1.07 bits per heavy atom. The summed E-state index contributed by atoms with van der Waals surface area (Å²) >= 11 is 0. The molecule has 1 fully saturated rings. The van der Waals surface area contributed by atoms with Crippen molar-refractivity contribution in [2.75, 3.05) is 33.7 Å². The highest BCUT2D eigenvalue weighted by atomic mass is 19.1. The van der Waals surface area contributed by atoms with Gasteiger partial charge < -0.3 is 15.1 Å². The van der Waals surface area contributed by atoms with Gasteiger partial charge >= 0.3 is 0 Å². The maximum atomic E-state index is 13.1. The van der Waals surface area contributed by atoms with Gasteiger partial charge in [0.1, 0.15) is 5.82 Å². The lowest BCUT2D eigenvalue weighted by Gasteiger charge is -2.32. The number of carbonyl (C=O) groups excluding carboxylic acids is 2. The molecule has 1 aliphatic heterocycles. The van der Waals surface area contributed by atoms with Crippen LogP contribution < -0.4 is 5.32 Å². The minimum Gasteiger partial charge on any atom is -0.354 e. The lowest BCUT2D eigenvalue weighted by molar-refractivity contribution is -0.126. The first-order valence-electron chi connectivity index (χ1n) is 10.5. The van der Waals surface area contributed by atoms with Crippen LogP contribution in [0.2, 0.25) is 0 Å². The van der Waals surface area contributed by atoms with Crippen LogP contribution in [-0.4, -0.2) is 61.4 Å².